The Kier molecular flexibility index (Phi) is 4.92. The van der Waals surface area contributed by atoms with Crippen LogP contribution in [-0.2, 0) is 20.2 Å². The van der Waals surface area contributed by atoms with Crippen molar-refractivity contribution < 1.29 is 17.9 Å². The van der Waals surface area contributed by atoms with E-state index < -0.39 is 16.7 Å². The molecule has 0 spiro atoms. The third-order valence-corrected chi connectivity index (χ3v) is 1.39. The van der Waals surface area contributed by atoms with Gasteiger partial charge in [0.15, 0.2) is 0 Å². The van der Waals surface area contributed by atoms with Crippen molar-refractivity contribution in [1.29, 1.82) is 0 Å². The normalized spacial score (nSPS) is 9.80. The van der Waals surface area contributed by atoms with Crippen LogP contribution in [0.4, 0.5) is 0 Å². The van der Waals surface area contributed by atoms with Crippen LogP contribution in [0.2, 0.25) is 0 Å². The van der Waals surface area contributed by atoms with E-state index in [-0.39, 0.29) is 12.2 Å². The van der Waals surface area contributed by atoms with E-state index >= 15 is 0 Å². The fourth-order valence-corrected chi connectivity index (χ4v) is 0.781. The Balaban J connectivity index is 3.40. The first-order valence-electron chi connectivity index (χ1n) is 2.94. The highest BCUT2D eigenvalue weighted by atomic mass is 32.2. The second-order valence-corrected chi connectivity index (χ2v) is 2.72. The van der Waals surface area contributed by atoms with Crippen LogP contribution >= 0.6 is 0 Å². The Bertz CT molecular complexity index is 164. The molecule has 0 aliphatic heterocycles. The van der Waals surface area contributed by atoms with Gasteiger partial charge < -0.3 is 4.74 Å². The molecule has 0 radical (unpaired) electrons. The number of carbonyl (C=O) groups is 1. The molecule has 4 nitrogen and oxygen atoms in total. The van der Waals surface area contributed by atoms with Gasteiger partial charge in [0, 0.05) is 0 Å². The van der Waals surface area contributed by atoms with E-state index in [4.69, 9.17) is 0 Å². The van der Waals surface area contributed by atoms with E-state index in [1.807, 2.05) is 0 Å². The fourth-order valence-electron chi connectivity index (χ4n) is 0.416. The molecule has 0 aromatic carbocycles. The van der Waals surface area contributed by atoms with Crippen molar-refractivity contribution in [3.05, 3.63) is 0 Å². The molecule has 5 heteroatoms. The molecule has 0 atom stereocenters. The smallest absolute Gasteiger partial charge is 0.306 e. The highest BCUT2D eigenvalue weighted by Gasteiger charge is 2.00. The molecule has 0 aliphatic rings. The molecule has 60 valence electrons. The summed E-state index contributed by atoms with van der Waals surface area (Å²) in [6.45, 7) is 1.98. The van der Waals surface area contributed by atoms with Crippen molar-refractivity contribution in [3.63, 3.8) is 0 Å². The van der Waals surface area contributed by atoms with Crippen molar-refractivity contribution in [2.45, 2.75) is 13.3 Å². The average Bonchev–Trinajstić information content (AvgIpc) is 1.85. The van der Waals surface area contributed by atoms with Crippen LogP contribution in [0.15, 0.2) is 0 Å². The molecule has 10 heavy (non-hydrogen) atoms. The minimum absolute atomic E-state index is 0.0352. The fraction of sp³-hybridized carbons (Fsp3) is 0.800. The maximum Gasteiger partial charge on any atom is 0.306 e. The first-order chi connectivity index (χ1) is 4.66. The number of ether oxygens (including phenoxy) is 1. The minimum Gasteiger partial charge on any atom is -0.466 e. The van der Waals surface area contributed by atoms with Crippen molar-refractivity contribution >= 4 is 16.7 Å². The van der Waals surface area contributed by atoms with Gasteiger partial charge in [-0.3, -0.25) is 4.79 Å². The summed E-state index contributed by atoms with van der Waals surface area (Å²) in [4.78, 5) is 10.5. The maximum atomic E-state index is 10.5. The van der Waals surface area contributed by atoms with Crippen LogP contribution in [0, 0.1) is 0 Å². The molecule has 0 heterocycles. The molecule has 0 saturated carbocycles. The molecule has 0 fully saturated rings. The van der Waals surface area contributed by atoms with Crippen molar-refractivity contribution in [3.8, 4) is 0 Å². The zero-order valence-corrected chi connectivity index (χ0v) is 6.60. The van der Waals surface area contributed by atoms with Crippen molar-refractivity contribution in [2.75, 3.05) is 12.4 Å². The van der Waals surface area contributed by atoms with E-state index in [2.05, 4.69) is 4.74 Å². The van der Waals surface area contributed by atoms with Gasteiger partial charge in [-0.15, -0.1) is 0 Å². The molecule has 0 aromatic rings. The monoisotopic (exact) mass is 166 g/mol. The van der Waals surface area contributed by atoms with E-state index in [0.717, 1.165) is 0 Å². The van der Waals surface area contributed by atoms with Crippen molar-refractivity contribution in [2.24, 2.45) is 0 Å². The number of carbonyl (C=O) groups excluding carboxylic acids is 1. The van der Waals surface area contributed by atoms with Crippen LogP contribution < -0.4 is 0 Å². The number of rotatable bonds is 4. The van der Waals surface area contributed by atoms with Crippen LogP contribution in [0.25, 0.3) is 0 Å². The Morgan fingerprint density at radius 2 is 2.10 bits per heavy atom. The second-order valence-electron chi connectivity index (χ2n) is 1.61. The largest absolute Gasteiger partial charge is 0.466 e. The summed E-state index contributed by atoms with van der Waals surface area (Å²) in [7, 11) is -2.44. The van der Waals surface area contributed by atoms with E-state index in [1.54, 1.807) is 6.92 Å². The number of hydrogen-bond donors (Lipinski definition) is 1. The summed E-state index contributed by atoms with van der Waals surface area (Å²) >= 11 is 0. The van der Waals surface area contributed by atoms with E-state index in [0.29, 0.717) is 6.61 Å². The summed E-state index contributed by atoms with van der Waals surface area (Å²) in [6.07, 6.45) is -0.0352. The first-order valence-corrected chi connectivity index (χ1v) is 4.30. The predicted molar refractivity (Wildman–Crippen MR) is 36.4 cm³/mol. The molecule has 0 rings (SSSR count). The molecule has 0 bridgehead atoms. The first kappa shape index (κ1) is 9.42. The summed E-state index contributed by atoms with van der Waals surface area (Å²) < 4.78 is 24.4. The lowest BCUT2D eigenvalue weighted by molar-refractivity contribution is -0.142. The van der Waals surface area contributed by atoms with Gasteiger partial charge in [0.2, 0.25) is 0 Å². The third-order valence-electron chi connectivity index (χ3n) is 0.804. The molecule has 0 saturated heterocycles. The Morgan fingerprint density at radius 3 is 2.50 bits per heavy atom. The van der Waals surface area contributed by atoms with Gasteiger partial charge in [-0.1, -0.05) is 0 Å². The van der Waals surface area contributed by atoms with Crippen LogP contribution in [0.1, 0.15) is 13.3 Å². The second kappa shape index (κ2) is 5.22. The zero-order chi connectivity index (χ0) is 7.98. The molecule has 0 amide bonds. The SMILES string of the molecule is CCOC(=O)CC[SH](=O)=O. The molecule has 0 aliphatic carbocycles. The highest BCUT2D eigenvalue weighted by Crippen LogP contribution is 1.85. The summed E-state index contributed by atoms with van der Waals surface area (Å²) in [5, 5.41) is 0. The van der Waals surface area contributed by atoms with Gasteiger partial charge in [-0.25, -0.2) is 8.42 Å². The molecule has 0 aromatic heterocycles. The van der Waals surface area contributed by atoms with Gasteiger partial charge >= 0.3 is 5.97 Å². The number of esters is 1. The van der Waals surface area contributed by atoms with Gasteiger partial charge in [0.1, 0.15) is 10.7 Å². The van der Waals surface area contributed by atoms with Crippen LogP contribution in [0.5, 0.6) is 0 Å². The van der Waals surface area contributed by atoms with E-state index in [9.17, 15) is 13.2 Å². The lowest BCUT2D eigenvalue weighted by Gasteiger charge is -1.96. The molecular formula is C5H10O4S. The Morgan fingerprint density at radius 1 is 1.50 bits per heavy atom. The maximum absolute atomic E-state index is 10.5. The van der Waals surface area contributed by atoms with Gasteiger partial charge in [0.05, 0.1) is 18.8 Å². The minimum atomic E-state index is -2.44. The van der Waals surface area contributed by atoms with Gasteiger partial charge in [0.25, 0.3) is 0 Å². The summed E-state index contributed by atoms with van der Waals surface area (Å²) in [5.74, 6) is -0.574. The number of thiol groups is 1. The third kappa shape index (κ3) is 5.55. The lowest BCUT2D eigenvalue weighted by Crippen LogP contribution is -2.06. The van der Waals surface area contributed by atoms with Crippen LogP contribution in [-0.4, -0.2) is 26.7 Å². The Labute approximate surface area is 61.1 Å². The lowest BCUT2D eigenvalue weighted by atomic mass is 10.5. The van der Waals surface area contributed by atoms with E-state index in [1.165, 1.54) is 0 Å². The van der Waals surface area contributed by atoms with Gasteiger partial charge in [-0.05, 0) is 6.92 Å². The molecule has 0 N–H and O–H groups in total. The predicted octanol–water partition coefficient (Wildman–Crippen LogP) is -0.449. The topological polar surface area (TPSA) is 60.4 Å². The van der Waals surface area contributed by atoms with Crippen molar-refractivity contribution in [1.82, 2.24) is 0 Å². The average molecular weight is 166 g/mol. The number of hydrogen-bond acceptors (Lipinski definition) is 4. The summed E-state index contributed by atoms with van der Waals surface area (Å²) in [6, 6.07) is 0. The quantitative estimate of drug-likeness (QED) is 0.454. The molecular weight excluding hydrogens is 156 g/mol. The Hall–Kier alpha value is -0.580. The van der Waals surface area contributed by atoms with Gasteiger partial charge in [-0.2, -0.15) is 0 Å². The standard InChI is InChI=1S/C5H10O4S/c1-2-9-5(6)3-4-10(7)8/h10H,2-4H2,1H3. The zero-order valence-electron chi connectivity index (χ0n) is 5.70. The molecule has 0 unspecified atom stereocenters. The highest BCUT2D eigenvalue weighted by molar-refractivity contribution is 7.72. The summed E-state index contributed by atoms with van der Waals surface area (Å²) in [5.41, 5.74) is 0. The van der Waals surface area contributed by atoms with Crippen LogP contribution in [0.3, 0.4) is 0 Å².